The van der Waals surface area contributed by atoms with Crippen LogP contribution in [-0.2, 0) is 6.42 Å². The molecule has 0 spiro atoms. The molecule has 0 radical (unpaired) electrons. The summed E-state index contributed by atoms with van der Waals surface area (Å²) in [6.45, 7) is 10.6. The van der Waals surface area contributed by atoms with Crippen molar-refractivity contribution in [1.82, 2.24) is 5.32 Å². The third-order valence-electron chi connectivity index (χ3n) is 5.54. The van der Waals surface area contributed by atoms with Gasteiger partial charge in [-0.3, -0.25) is 0 Å². The van der Waals surface area contributed by atoms with Crippen LogP contribution in [0.4, 0.5) is 0 Å². The molecule has 0 amide bonds. The number of nitrogens with one attached hydrogen (secondary N) is 1. The third-order valence-corrected chi connectivity index (χ3v) is 7.12. The van der Waals surface area contributed by atoms with E-state index in [9.17, 15) is 0 Å². The zero-order chi connectivity index (χ0) is 15.5. The zero-order valence-electron chi connectivity index (χ0n) is 14.3. The van der Waals surface area contributed by atoms with Gasteiger partial charge in [-0.15, -0.1) is 0 Å². The maximum Gasteiger partial charge on any atom is 0.0375 e. The molecular formula is C19H31NS. The van der Waals surface area contributed by atoms with Crippen LogP contribution >= 0.6 is 11.8 Å². The van der Waals surface area contributed by atoms with Gasteiger partial charge in [-0.1, -0.05) is 52.0 Å². The topological polar surface area (TPSA) is 12.0 Å². The quantitative estimate of drug-likeness (QED) is 0.774. The summed E-state index contributed by atoms with van der Waals surface area (Å²) in [5.41, 5.74) is 3.40. The zero-order valence-corrected chi connectivity index (χ0v) is 15.1. The molecule has 1 unspecified atom stereocenters. The standard InChI is InChI=1S/C19H31NS/c1-6-19(7-2,21-5)14-20-17-16-11-9-8-10-15(16)12-13-18(17,3)4/h8-11,17,20H,6-7,12-14H2,1-5H3. The van der Waals surface area contributed by atoms with Crippen molar-refractivity contribution >= 4 is 11.8 Å². The molecular weight excluding hydrogens is 274 g/mol. The van der Waals surface area contributed by atoms with E-state index < -0.39 is 0 Å². The van der Waals surface area contributed by atoms with Crippen molar-refractivity contribution in [1.29, 1.82) is 0 Å². The lowest BCUT2D eigenvalue weighted by Crippen LogP contribution is -2.44. The van der Waals surface area contributed by atoms with Crippen LogP contribution in [0.15, 0.2) is 24.3 Å². The van der Waals surface area contributed by atoms with E-state index in [-0.39, 0.29) is 0 Å². The average Bonchev–Trinajstić information content (AvgIpc) is 2.50. The van der Waals surface area contributed by atoms with Crippen LogP contribution < -0.4 is 5.32 Å². The second-order valence-corrected chi connectivity index (χ2v) is 8.37. The molecule has 1 aromatic rings. The number of hydrogen-bond donors (Lipinski definition) is 1. The van der Waals surface area contributed by atoms with E-state index in [1.807, 2.05) is 11.8 Å². The largest absolute Gasteiger partial charge is 0.308 e. The molecule has 0 bridgehead atoms. The number of hydrogen-bond acceptors (Lipinski definition) is 2. The lowest BCUT2D eigenvalue weighted by atomic mass is 9.70. The molecule has 0 fully saturated rings. The first kappa shape index (κ1) is 16.9. The molecule has 0 aromatic heterocycles. The fraction of sp³-hybridized carbons (Fsp3) is 0.684. The normalized spacial score (nSPS) is 21.1. The Balaban J connectivity index is 2.21. The first-order valence-electron chi connectivity index (χ1n) is 8.34. The van der Waals surface area contributed by atoms with Crippen LogP contribution in [0.1, 0.15) is 64.1 Å². The predicted octanol–water partition coefficient (Wildman–Crippen LogP) is 5.21. The van der Waals surface area contributed by atoms with Crippen molar-refractivity contribution in [3.8, 4) is 0 Å². The highest BCUT2D eigenvalue weighted by Gasteiger charge is 2.37. The molecule has 2 heteroatoms. The molecule has 1 nitrogen and oxygen atoms in total. The van der Waals surface area contributed by atoms with Crippen LogP contribution in [0.25, 0.3) is 0 Å². The summed E-state index contributed by atoms with van der Waals surface area (Å²) in [5, 5.41) is 3.94. The van der Waals surface area contributed by atoms with E-state index in [2.05, 4.69) is 63.5 Å². The molecule has 21 heavy (non-hydrogen) atoms. The van der Waals surface area contributed by atoms with Crippen LogP contribution in [0.3, 0.4) is 0 Å². The van der Waals surface area contributed by atoms with Gasteiger partial charge in [0.15, 0.2) is 0 Å². The van der Waals surface area contributed by atoms with Crippen LogP contribution in [0.5, 0.6) is 0 Å². The van der Waals surface area contributed by atoms with Crippen molar-refractivity contribution in [3.05, 3.63) is 35.4 Å². The Morgan fingerprint density at radius 2 is 1.90 bits per heavy atom. The molecule has 0 aliphatic heterocycles. The molecule has 0 heterocycles. The summed E-state index contributed by atoms with van der Waals surface area (Å²) in [7, 11) is 0. The number of aryl methyl sites for hydroxylation is 1. The smallest absolute Gasteiger partial charge is 0.0375 e. The highest BCUT2D eigenvalue weighted by atomic mass is 32.2. The number of rotatable bonds is 6. The van der Waals surface area contributed by atoms with E-state index >= 15 is 0 Å². The maximum absolute atomic E-state index is 3.94. The highest BCUT2D eigenvalue weighted by molar-refractivity contribution is 8.00. The summed E-state index contributed by atoms with van der Waals surface area (Å²) in [4.78, 5) is 0. The Bertz CT molecular complexity index is 454. The van der Waals surface area contributed by atoms with Gasteiger partial charge in [-0.25, -0.2) is 0 Å². The second kappa shape index (κ2) is 6.75. The summed E-state index contributed by atoms with van der Waals surface area (Å²) in [6.07, 6.45) is 7.20. The first-order chi connectivity index (χ1) is 9.98. The van der Waals surface area contributed by atoms with Crippen LogP contribution in [0, 0.1) is 5.41 Å². The van der Waals surface area contributed by atoms with Gasteiger partial charge in [0.1, 0.15) is 0 Å². The Kier molecular flexibility index (Phi) is 5.43. The Morgan fingerprint density at radius 1 is 1.24 bits per heavy atom. The molecule has 1 aliphatic carbocycles. The molecule has 1 atom stereocenters. The van der Waals surface area contributed by atoms with Crippen molar-refractivity contribution in [2.75, 3.05) is 12.8 Å². The van der Waals surface area contributed by atoms with Crippen LogP contribution in [0.2, 0.25) is 0 Å². The Morgan fingerprint density at radius 3 is 2.52 bits per heavy atom. The SMILES string of the molecule is CCC(CC)(CNC1c2ccccc2CCC1(C)C)SC. The van der Waals surface area contributed by atoms with Gasteiger partial charge in [0.05, 0.1) is 0 Å². The number of thioether (sulfide) groups is 1. The van der Waals surface area contributed by atoms with Gasteiger partial charge in [0.25, 0.3) is 0 Å². The predicted molar refractivity (Wildman–Crippen MR) is 96.1 cm³/mol. The molecule has 2 rings (SSSR count). The van der Waals surface area contributed by atoms with Crippen molar-refractivity contribution in [2.24, 2.45) is 5.41 Å². The number of fused-ring (bicyclic) bond motifs is 1. The molecule has 0 saturated heterocycles. The van der Waals surface area contributed by atoms with E-state index in [1.165, 1.54) is 36.8 Å². The van der Waals surface area contributed by atoms with E-state index in [0.717, 1.165) is 6.54 Å². The van der Waals surface area contributed by atoms with E-state index in [1.54, 1.807) is 0 Å². The van der Waals surface area contributed by atoms with E-state index in [4.69, 9.17) is 0 Å². The minimum Gasteiger partial charge on any atom is -0.308 e. The molecule has 0 saturated carbocycles. The second-order valence-electron chi connectivity index (χ2n) is 7.10. The highest BCUT2D eigenvalue weighted by Crippen LogP contribution is 2.44. The van der Waals surface area contributed by atoms with Gasteiger partial charge in [-0.2, -0.15) is 11.8 Å². The molecule has 1 aliphatic rings. The van der Waals surface area contributed by atoms with E-state index in [0.29, 0.717) is 16.2 Å². The molecule has 1 aromatic carbocycles. The third kappa shape index (κ3) is 3.48. The summed E-state index contributed by atoms with van der Waals surface area (Å²) >= 11 is 2.02. The fourth-order valence-corrected chi connectivity index (χ4v) is 4.41. The average molecular weight is 306 g/mol. The first-order valence-corrected chi connectivity index (χ1v) is 9.57. The fourth-order valence-electron chi connectivity index (χ4n) is 3.60. The van der Waals surface area contributed by atoms with Gasteiger partial charge in [0.2, 0.25) is 0 Å². The van der Waals surface area contributed by atoms with Crippen molar-refractivity contribution < 1.29 is 0 Å². The molecule has 1 N–H and O–H groups in total. The minimum atomic E-state index is 0.333. The summed E-state index contributed by atoms with van der Waals surface area (Å²) < 4.78 is 0.377. The number of benzene rings is 1. The maximum atomic E-state index is 3.94. The lowest BCUT2D eigenvalue weighted by Gasteiger charge is -2.43. The van der Waals surface area contributed by atoms with Gasteiger partial charge < -0.3 is 5.32 Å². The van der Waals surface area contributed by atoms with Crippen molar-refractivity contribution in [3.63, 3.8) is 0 Å². The van der Waals surface area contributed by atoms with Gasteiger partial charge >= 0.3 is 0 Å². The molecule has 118 valence electrons. The van der Waals surface area contributed by atoms with Crippen molar-refractivity contribution in [2.45, 2.75) is 64.2 Å². The summed E-state index contributed by atoms with van der Waals surface area (Å²) in [5.74, 6) is 0. The van der Waals surface area contributed by atoms with Gasteiger partial charge in [0, 0.05) is 17.3 Å². The Hall–Kier alpha value is -0.470. The van der Waals surface area contributed by atoms with Crippen LogP contribution in [-0.4, -0.2) is 17.5 Å². The lowest BCUT2D eigenvalue weighted by molar-refractivity contribution is 0.204. The Labute approximate surface area is 135 Å². The summed E-state index contributed by atoms with van der Waals surface area (Å²) in [6, 6.07) is 9.48. The minimum absolute atomic E-state index is 0.333. The van der Waals surface area contributed by atoms with Gasteiger partial charge in [-0.05, 0) is 48.5 Å². The monoisotopic (exact) mass is 305 g/mol.